The number of likely N-dealkylation sites (N-methyl/N-ethyl adjacent to an activating group) is 1. The molecule has 2 aliphatic carbocycles. The van der Waals surface area contributed by atoms with Gasteiger partial charge in [-0.05, 0) is 50.4 Å². The minimum Gasteiger partial charge on any atom is -0.352 e. The van der Waals surface area contributed by atoms with Gasteiger partial charge in [0, 0.05) is 61.5 Å². The van der Waals surface area contributed by atoms with Gasteiger partial charge in [0.2, 0.25) is 5.91 Å². The maximum absolute atomic E-state index is 12.9. The van der Waals surface area contributed by atoms with E-state index in [-0.39, 0.29) is 5.91 Å². The first-order chi connectivity index (χ1) is 14.6. The molecule has 2 saturated carbocycles. The van der Waals surface area contributed by atoms with Gasteiger partial charge in [-0.2, -0.15) is 0 Å². The number of aromatic nitrogens is 2. The van der Waals surface area contributed by atoms with Crippen LogP contribution in [0.3, 0.4) is 0 Å². The van der Waals surface area contributed by atoms with Gasteiger partial charge in [-0.1, -0.05) is 18.5 Å². The van der Waals surface area contributed by atoms with E-state index < -0.39 is 0 Å². The molecule has 0 atom stereocenters. The van der Waals surface area contributed by atoms with Crippen molar-refractivity contribution in [2.45, 2.75) is 51.0 Å². The number of halogens is 1. The summed E-state index contributed by atoms with van der Waals surface area (Å²) in [6.45, 7) is 7.61. The van der Waals surface area contributed by atoms with Crippen LogP contribution in [-0.2, 0) is 4.79 Å². The Balaban J connectivity index is 1.36. The monoisotopic (exact) mass is 427 g/mol. The lowest BCUT2D eigenvalue weighted by Crippen LogP contribution is -2.49. The molecule has 1 aliphatic heterocycles. The Labute approximate surface area is 183 Å². The summed E-state index contributed by atoms with van der Waals surface area (Å²) in [5, 5.41) is 1.74. The fourth-order valence-electron chi connectivity index (χ4n) is 4.38. The Morgan fingerprint density at radius 3 is 2.57 bits per heavy atom. The first-order valence-corrected chi connectivity index (χ1v) is 11.7. The third-order valence-electron chi connectivity index (χ3n) is 6.60. The van der Waals surface area contributed by atoms with Gasteiger partial charge in [0.05, 0.1) is 5.52 Å². The summed E-state index contributed by atoms with van der Waals surface area (Å²) in [6, 6.07) is 6.37. The Morgan fingerprint density at radius 2 is 1.90 bits per heavy atom. The highest BCUT2D eigenvalue weighted by atomic mass is 35.5. The molecule has 30 heavy (non-hydrogen) atoms. The molecular formula is C23H30ClN5O. The summed E-state index contributed by atoms with van der Waals surface area (Å²) in [5.74, 6) is 2.67. The Bertz CT molecular complexity index is 935. The molecule has 1 saturated heterocycles. The van der Waals surface area contributed by atoms with Crippen molar-refractivity contribution < 1.29 is 4.79 Å². The van der Waals surface area contributed by atoms with Crippen LogP contribution in [0.25, 0.3) is 10.9 Å². The van der Waals surface area contributed by atoms with E-state index in [1.807, 2.05) is 23.1 Å². The molecule has 2 heterocycles. The van der Waals surface area contributed by atoms with Crippen molar-refractivity contribution >= 4 is 34.2 Å². The van der Waals surface area contributed by atoms with E-state index in [0.717, 1.165) is 74.7 Å². The van der Waals surface area contributed by atoms with Crippen molar-refractivity contribution in [1.29, 1.82) is 0 Å². The third-order valence-corrected chi connectivity index (χ3v) is 6.83. The summed E-state index contributed by atoms with van der Waals surface area (Å²) in [7, 11) is 0. The molecule has 3 fully saturated rings. The maximum Gasteiger partial charge on any atom is 0.224 e. The standard InChI is InChI=1S/C23H30ClN5O/c1-2-27-11-13-28(14-12-27)21(30)9-10-29(18-6-7-18)23-19-8-5-17(24)15-20(19)25-22(26-23)16-3-4-16/h5,8,15-16,18H,2-4,6-7,9-14H2,1H3. The molecule has 0 radical (unpaired) electrons. The first-order valence-electron chi connectivity index (χ1n) is 11.4. The van der Waals surface area contributed by atoms with Crippen LogP contribution < -0.4 is 4.90 Å². The average Bonchev–Trinajstić information content (AvgIpc) is 3.66. The minimum absolute atomic E-state index is 0.264. The Morgan fingerprint density at radius 1 is 1.13 bits per heavy atom. The van der Waals surface area contributed by atoms with E-state index in [2.05, 4.69) is 16.7 Å². The van der Waals surface area contributed by atoms with Crippen molar-refractivity contribution in [3.63, 3.8) is 0 Å². The number of carbonyl (C=O) groups is 1. The van der Waals surface area contributed by atoms with Crippen LogP contribution in [0.2, 0.25) is 5.02 Å². The Hall–Kier alpha value is -1.92. The zero-order chi connectivity index (χ0) is 20.7. The van der Waals surface area contributed by atoms with Gasteiger partial charge in [0.15, 0.2) is 0 Å². The predicted octanol–water partition coefficient (Wildman–Crippen LogP) is 3.68. The molecule has 7 heteroatoms. The van der Waals surface area contributed by atoms with Crippen molar-refractivity contribution in [3.8, 4) is 0 Å². The summed E-state index contributed by atoms with van der Waals surface area (Å²) in [5.41, 5.74) is 0.919. The molecule has 6 nitrogen and oxygen atoms in total. The molecule has 0 N–H and O–H groups in total. The number of rotatable bonds is 7. The number of hydrogen-bond donors (Lipinski definition) is 0. The second kappa shape index (κ2) is 8.31. The number of carbonyl (C=O) groups excluding carboxylic acids is 1. The molecule has 1 aromatic heterocycles. The van der Waals surface area contributed by atoms with Crippen LogP contribution in [0.4, 0.5) is 5.82 Å². The number of benzene rings is 1. The van der Waals surface area contributed by atoms with Crippen molar-refractivity contribution in [2.75, 3.05) is 44.2 Å². The van der Waals surface area contributed by atoms with Gasteiger partial charge in [-0.15, -0.1) is 0 Å². The van der Waals surface area contributed by atoms with Gasteiger partial charge in [0.1, 0.15) is 11.6 Å². The van der Waals surface area contributed by atoms with Gasteiger partial charge in [-0.25, -0.2) is 9.97 Å². The number of anilines is 1. The molecule has 0 spiro atoms. The van der Waals surface area contributed by atoms with Crippen LogP contribution in [0.1, 0.15) is 50.8 Å². The lowest BCUT2D eigenvalue weighted by atomic mass is 10.2. The highest BCUT2D eigenvalue weighted by Crippen LogP contribution is 2.41. The van der Waals surface area contributed by atoms with E-state index in [4.69, 9.17) is 21.6 Å². The van der Waals surface area contributed by atoms with E-state index in [0.29, 0.717) is 23.4 Å². The lowest BCUT2D eigenvalue weighted by molar-refractivity contribution is -0.132. The van der Waals surface area contributed by atoms with E-state index in [9.17, 15) is 4.79 Å². The van der Waals surface area contributed by atoms with Crippen LogP contribution >= 0.6 is 11.6 Å². The van der Waals surface area contributed by atoms with Crippen LogP contribution in [0.5, 0.6) is 0 Å². The van der Waals surface area contributed by atoms with Crippen molar-refractivity contribution in [1.82, 2.24) is 19.8 Å². The summed E-state index contributed by atoms with van der Waals surface area (Å²) in [6.07, 6.45) is 5.21. The molecule has 0 bridgehead atoms. The third kappa shape index (κ3) is 4.26. The zero-order valence-corrected chi connectivity index (χ0v) is 18.4. The first kappa shape index (κ1) is 20.0. The predicted molar refractivity (Wildman–Crippen MR) is 120 cm³/mol. The van der Waals surface area contributed by atoms with Gasteiger partial charge < -0.3 is 14.7 Å². The second-order valence-electron chi connectivity index (χ2n) is 8.83. The number of fused-ring (bicyclic) bond motifs is 1. The summed E-state index contributed by atoms with van der Waals surface area (Å²) >= 11 is 6.25. The molecular weight excluding hydrogens is 398 g/mol. The van der Waals surface area contributed by atoms with Crippen molar-refractivity contribution in [3.05, 3.63) is 29.0 Å². The number of amides is 1. The molecule has 0 unspecified atom stereocenters. The zero-order valence-electron chi connectivity index (χ0n) is 17.7. The van der Waals surface area contributed by atoms with Crippen LogP contribution in [0.15, 0.2) is 18.2 Å². The minimum atomic E-state index is 0.264. The smallest absolute Gasteiger partial charge is 0.224 e. The summed E-state index contributed by atoms with van der Waals surface area (Å²) < 4.78 is 0. The van der Waals surface area contributed by atoms with Crippen molar-refractivity contribution in [2.24, 2.45) is 0 Å². The van der Waals surface area contributed by atoms with Crippen LogP contribution in [-0.4, -0.2) is 71.0 Å². The largest absolute Gasteiger partial charge is 0.352 e. The van der Waals surface area contributed by atoms with Gasteiger partial charge >= 0.3 is 0 Å². The Kier molecular flexibility index (Phi) is 5.54. The summed E-state index contributed by atoms with van der Waals surface area (Å²) in [4.78, 5) is 29.5. The normalized spacial score (nSPS) is 20.0. The molecule has 160 valence electrons. The van der Waals surface area contributed by atoms with E-state index in [1.165, 1.54) is 12.8 Å². The highest BCUT2D eigenvalue weighted by Gasteiger charge is 2.34. The highest BCUT2D eigenvalue weighted by molar-refractivity contribution is 6.31. The lowest BCUT2D eigenvalue weighted by Gasteiger charge is -2.34. The number of hydrogen-bond acceptors (Lipinski definition) is 5. The fraction of sp³-hybridized carbons (Fsp3) is 0.609. The molecule has 3 aliphatic rings. The number of piperazine rings is 1. The molecule has 5 rings (SSSR count). The van der Waals surface area contributed by atoms with E-state index in [1.54, 1.807) is 0 Å². The topological polar surface area (TPSA) is 52.6 Å². The van der Waals surface area contributed by atoms with Crippen LogP contribution in [0, 0.1) is 0 Å². The molecule has 1 amide bonds. The maximum atomic E-state index is 12.9. The number of nitrogens with zero attached hydrogens (tertiary/aromatic N) is 5. The van der Waals surface area contributed by atoms with Gasteiger partial charge in [0.25, 0.3) is 0 Å². The SMILES string of the molecule is CCN1CCN(C(=O)CCN(c2nc(C3CC3)nc3cc(Cl)ccc23)C2CC2)CC1. The van der Waals surface area contributed by atoms with Gasteiger partial charge in [-0.3, -0.25) is 4.79 Å². The quantitative estimate of drug-likeness (QED) is 0.674. The second-order valence-corrected chi connectivity index (χ2v) is 9.27. The molecule has 2 aromatic rings. The van der Waals surface area contributed by atoms with E-state index >= 15 is 0 Å². The fourth-order valence-corrected chi connectivity index (χ4v) is 4.55. The average molecular weight is 428 g/mol. The molecule has 1 aromatic carbocycles.